The van der Waals surface area contributed by atoms with Gasteiger partial charge in [0.05, 0.1) is 5.69 Å². The Morgan fingerprint density at radius 3 is 2.88 bits per heavy atom. The Balaban J connectivity index is 0.00000144. The second-order valence-corrected chi connectivity index (χ2v) is 4.60. The van der Waals surface area contributed by atoms with Crippen LogP contribution >= 0.6 is 12.4 Å². The van der Waals surface area contributed by atoms with Gasteiger partial charge in [-0.3, -0.25) is 9.88 Å². The van der Waals surface area contributed by atoms with Gasteiger partial charge in [0.1, 0.15) is 0 Å². The minimum Gasteiger partial charge on any atom is -0.315 e. The highest BCUT2D eigenvalue weighted by Gasteiger charge is 2.22. The summed E-state index contributed by atoms with van der Waals surface area (Å²) in [5.74, 6) is 0. The number of hydrogen-bond acceptors (Lipinski definition) is 3. The summed E-state index contributed by atoms with van der Waals surface area (Å²) in [6.07, 6.45) is 4.45. The molecule has 4 heteroatoms. The molecule has 0 aromatic carbocycles. The molecule has 2 unspecified atom stereocenters. The van der Waals surface area contributed by atoms with E-state index >= 15 is 0 Å². The van der Waals surface area contributed by atoms with E-state index in [9.17, 15) is 0 Å². The van der Waals surface area contributed by atoms with Gasteiger partial charge in [0.25, 0.3) is 0 Å². The topological polar surface area (TPSA) is 28.2 Å². The highest BCUT2D eigenvalue weighted by Crippen LogP contribution is 2.21. The Morgan fingerprint density at radius 1 is 1.47 bits per heavy atom. The highest BCUT2D eigenvalue weighted by molar-refractivity contribution is 5.85. The Hall–Kier alpha value is -0.640. The maximum absolute atomic E-state index is 4.43. The van der Waals surface area contributed by atoms with Crippen LogP contribution in [0.25, 0.3) is 0 Å². The minimum atomic E-state index is 0. The molecule has 0 bridgehead atoms. The normalized spacial score (nSPS) is 21.9. The average Bonchev–Trinajstić information content (AvgIpc) is 2.39. The number of hydrogen-bond donors (Lipinski definition) is 1. The van der Waals surface area contributed by atoms with Crippen LogP contribution in [0, 0.1) is 0 Å². The van der Waals surface area contributed by atoms with Crippen molar-refractivity contribution in [1.29, 1.82) is 0 Å². The fraction of sp³-hybridized carbons (Fsp3) is 0.615. The van der Waals surface area contributed by atoms with E-state index in [1.165, 1.54) is 19.4 Å². The van der Waals surface area contributed by atoms with Crippen molar-refractivity contribution in [3.05, 3.63) is 30.1 Å². The summed E-state index contributed by atoms with van der Waals surface area (Å²) in [6.45, 7) is 4.51. The van der Waals surface area contributed by atoms with Crippen molar-refractivity contribution in [3.63, 3.8) is 0 Å². The number of pyridine rings is 1. The molecule has 1 aromatic heterocycles. The zero-order chi connectivity index (χ0) is 11.4. The second-order valence-electron chi connectivity index (χ2n) is 4.60. The zero-order valence-corrected chi connectivity index (χ0v) is 11.4. The third-order valence-corrected chi connectivity index (χ3v) is 3.57. The van der Waals surface area contributed by atoms with E-state index in [2.05, 4.69) is 41.3 Å². The van der Waals surface area contributed by atoms with Crippen molar-refractivity contribution < 1.29 is 0 Å². The van der Waals surface area contributed by atoms with Crippen molar-refractivity contribution in [2.24, 2.45) is 0 Å². The van der Waals surface area contributed by atoms with Gasteiger partial charge in [0, 0.05) is 24.8 Å². The van der Waals surface area contributed by atoms with E-state index in [1.54, 1.807) is 0 Å². The molecule has 1 saturated heterocycles. The van der Waals surface area contributed by atoms with Crippen molar-refractivity contribution in [3.8, 4) is 0 Å². The molecule has 1 aromatic rings. The molecule has 2 heterocycles. The quantitative estimate of drug-likeness (QED) is 0.898. The number of piperidine rings is 1. The lowest BCUT2D eigenvalue weighted by Gasteiger charge is -2.35. The average molecular weight is 256 g/mol. The molecule has 96 valence electrons. The molecular formula is C13H22ClN3. The summed E-state index contributed by atoms with van der Waals surface area (Å²) in [5.41, 5.74) is 1.16. The third kappa shape index (κ3) is 3.66. The molecule has 17 heavy (non-hydrogen) atoms. The number of aromatic nitrogens is 1. The number of rotatable bonds is 3. The number of nitrogens with zero attached hydrogens (tertiary/aromatic N) is 2. The first-order chi connectivity index (χ1) is 7.79. The van der Waals surface area contributed by atoms with Gasteiger partial charge in [-0.15, -0.1) is 12.4 Å². The van der Waals surface area contributed by atoms with Gasteiger partial charge in [-0.05, 0) is 45.5 Å². The summed E-state index contributed by atoms with van der Waals surface area (Å²) < 4.78 is 0. The molecule has 2 atom stereocenters. The van der Waals surface area contributed by atoms with Crippen molar-refractivity contribution >= 4 is 12.4 Å². The summed E-state index contributed by atoms with van der Waals surface area (Å²) in [5, 5.41) is 3.46. The first-order valence-corrected chi connectivity index (χ1v) is 6.12. The molecule has 1 fully saturated rings. The van der Waals surface area contributed by atoms with Crippen LogP contribution in [0.15, 0.2) is 24.4 Å². The van der Waals surface area contributed by atoms with Gasteiger partial charge in [0.15, 0.2) is 0 Å². The van der Waals surface area contributed by atoms with Crippen molar-refractivity contribution in [2.75, 3.05) is 20.1 Å². The molecule has 0 radical (unpaired) electrons. The largest absolute Gasteiger partial charge is 0.315 e. The molecule has 0 aliphatic carbocycles. The fourth-order valence-corrected chi connectivity index (χ4v) is 2.33. The first-order valence-electron chi connectivity index (χ1n) is 6.12. The molecular weight excluding hydrogens is 234 g/mol. The molecule has 2 rings (SSSR count). The highest BCUT2D eigenvalue weighted by atomic mass is 35.5. The van der Waals surface area contributed by atoms with Gasteiger partial charge in [-0.1, -0.05) is 6.07 Å². The van der Waals surface area contributed by atoms with Crippen LogP contribution in [-0.2, 0) is 0 Å². The summed E-state index contributed by atoms with van der Waals surface area (Å²) in [7, 11) is 2.21. The SMILES string of the molecule is CC(c1ccccn1)N(C)C1CCCNC1.Cl. The van der Waals surface area contributed by atoms with Gasteiger partial charge in [-0.2, -0.15) is 0 Å². The first kappa shape index (κ1) is 14.4. The molecule has 1 N–H and O–H groups in total. The zero-order valence-electron chi connectivity index (χ0n) is 10.6. The maximum atomic E-state index is 4.43. The van der Waals surface area contributed by atoms with Crippen LogP contribution in [0.3, 0.4) is 0 Å². The van der Waals surface area contributed by atoms with Crippen molar-refractivity contribution in [1.82, 2.24) is 15.2 Å². The van der Waals surface area contributed by atoms with E-state index in [0.29, 0.717) is 12.1 Å². The van der Waals surface area contributed by atoms with E-state index in [0.717, 1.165) is 12.2 Å². The lowest BCUT2D eigenvalue weighted by Crippen LogP contribution is -2.45. The van der Waals surface area contributed by atoms with E-state index in [4.69, 9.17) is 0 Å². The van der Waals surface area contributed by atoms with Crippen LogP contribution in [-0.4, -0.2) is 36.1 Å². The van der Waals surface area contributed by atoms with Gasteiger partial charge >= 0.3 is 0 Å². The monoisotopic (exact) mass is 255 g/mol. The van der Waals surface area contributed by atoms with Gasteiger partial charge in [-0.25, -0.2) is 0 Å². The Kier molecular flexibility index (Phi) is 5.89. The summed E-state index contributed by atoms with van der Waals surface area (Å²) in [6, 6.07) is 7.18. The molecule has 1 aliphatic heterocycles. The smallest absolute Gasteiger partial charge is 0.0572 e. The predicted octanol–water partition coefficient (Wildman–Crippen LogP) is 2.25. The van der Waals surface area contributed by atoms with Crippen LogP contribution in [0.5, 0.6) is 0 Å². The molecule has 0 amide bonds. The number of likely N-dealkylation sites (N-methyl/N-ethyl adjacent to an activating group) is 1. The summed E-state index contributed by atoms with van der Waals surface area (Å²) in [4.78, 5) is 6.87. The predicted molar refractivity (Wildman–Crippen MR) is 73.6 cm³/mol. The van der Waals surface area contributed by atoms with Crippen LogP contribution < -0.4 is 5.32 Å². The Labute approximate surface area is 110 Å². The van der Waals surface area contributed by atoms with Crippen LogP contribution in [0.4, 0.5) is 0 Å². The Bertz CT molecular complexity index is 312. The number of halogens is 1. The lowest BCUT2D eigenvalue weighted by molar-refractivity contribution is 0.154. The molecule has 3 nitrogen and oxygen atoms in total. The van der Waals surface area contributed by atoms with Gasteiger partial charge < -0.3 is 5.32 Å². The number of nitrogens with one attached hydrogen (secondary N) is 1. The Morgan fingerprint density at radius 2 is 2.29 bits per heavy atom. The van der Waals surface area contributed by atoms with E-state index < -0.39 is 0 Å². The van der Waals surface area contributed by atoms with Gasteiger partial charge in [0.2, 0.25) is 0 Å². The lowest BCUT2D eigenvalue weighted by atomic mass is 10.0. The third-order valence-electron chi connectivity index (χ3n) is 3.57. The standard InChI is InChI=1S/C13H21N3.ClH/c1-11(13-7-3-4-9-15-13)16(2)12-6-5-8-14-10-12;/h3-4,7,9,11-12,14H,5-6,8,10H2,1-2H3;1H. The maximum Gasteiger partial charge on any atom is 0.0572 e. The van der Waals surface area contributed by atoms with Crippen molar-refractivity contribution in [2.45, 2.75) is 31.8 Å². The van der Waals surface area contributed by atoms with Crippen LogP contribution in [0.2, 0.25) is 0 Å². The van der Waals surface area contributed by atoms with Crippen LogP contribution in [0.1, 0.15) is 31.5 Å². The summed E-state index contributed by atoms with van der Waals surface area (Å²) >= 11 is 0. The molecule has 0 spiro atoms. The molecule has 1 aliphatic rings. The van der Waals surface area contributed by atoms with E-state index in [1.807, 2.05) is 12.3 Å². The molecule has 0 saturated carbocycles. The second kappa shape index (κ2) is 6.94. The fourth-order valence-electron chi connectivity index (χ4n) is 2.33. The minimum absolute atomic E-state index is 0. The van der Waals surface area contributed by atoms with E-state index in [-0.39, 0.29) is 12.4 Å².